The summed E-state index contributed by atoms with van der Waals surface area (Å²) >= 11 is 1.18. The van der Waals surface area contributed by atoms with Crippen LogP contribution in [0.4, 0.5) is 0 Å². The van der Waals surface area contributed by atoms with Crippen LogP contribution >= 0.6 is 11.3 Å². The van der Waals surface area contributed by atoms with Gasteiger partial charge in [0.15, 0.2) is 0 Å². The summed E-state index contributed by atoms with van der Waals surface area (Å²) in [5, 5.41) is 0.686. The van der Waals surface area contributed by atoms with Gasteiger partial charge < -0.3 is 4.98 Å². The van der Waals surface area contributed by atoms with Crippen molar-refractivity contribution in [2.45, 2.75) is 6.92 Å². The van der Waals surface area contributed by atoms with Crippen molar-refractivity contribution in [3.05, 3.63) is 54.9 Å². The molecule has 0 bridgehead atoms. The molecule has 0 amide bonds. The number of aromatic amines is 1. The summed E-state index contributed by atoms with van der Waals surface area (Å²) in [7, 11) is 0. The van der Waals surface area contributed by atoms with Crippen LogP contribution in [0.15, 0.2) is 29.1 Å². The number of rotatable bonds is 1. The Hall–Kier alpha value is -1.61. The summed E-state index contributed by atoms with van der Waals surface area (Å²) in [4.78, 5) is 13.7. The van der Waals surface area contributed by atoms with Crippen LogP contribution in [-0.2, 0) is 0 Å². The molecule has 2 aromatic rings. The smallest absolute Gasteiger partial charge is 0.305 e. The van der Waals surface area contributed by atoms with Crippen molar-refractivity contribution in [2.24, 2.45) is 0 Å². The first kappa shape index (κ1) is 9.93. The fourth-order valence-corrected chi connectivity index (χ4v) is 2.05. The molecule has 1 aromatic carbocycles. The molecule has 76 valence electrons. The largest absolute Gasteiger partial charge is 0.313 e. The van der Waals surface area contributed by atoms with Crippen molar-refractivity contribution in [3.63, 3.8) is 0 Å². The van der Waals surface area contributed by atoms with E-state index in [2.05, 4.69) is 11.6 Å². The fourth-order valence-electron chi connectivity index (χ4n) is 1.30. The number of aromatic nitrogens is 1. The predicted octanol–water partition coefficient (Wildman–Crippen LogP) is 0.984. The van der Waals surface area contributed by atoms with Gasteiger partial charge in [0.05, 0.1) is 9.88 Å². The van der Waals surface area contributed by atoms with Gasteiger partial charge in [0, 0.05) is 0 Å². The molecule has 2 rings (SSSR count). The van der Waals surface area contributed by atoms with E-state index in [0.717, 1.165) is 10.1 Å². The predicted molar refractivity (Wildman–Crippen MR) is 64.5 cm³/mol. The average molecular weight is 217 g/mol. The second-order valence-electron chi connectivity index (χ2n) is 3.41. The van der Waals surface area contributed by atoms with E-state index < -0.39 is 0 Å². The average Bonchev–Trinajstić information content (AvgIpc) is 2.49. The molecule has 0 spiro atoms. The monoisotopic (exact) mass is 217 g/mol. The molecule has 0 atom stereocenters. The Morgan fingerprint density at radius 2 is 2.00 bits per heavy atom. The molecular formula is C12H11NOS. The van der Waals surface area contributed by atoms with Crippen LogP contribution in [0.1, 0.15) is 11.1 Å². The van der Waals surface area contributed by atoms with Gasteiger partial charge in [-0.1, -0.05) is 47.7 Å². The minimum absolute atomic E-state index is 0.0571. The van der Waals surface area contributed by atoms with Gasteiger partial charge in [0.25, 0.3) is 0 Å². The molecule has 0 fully saturated rings. The Bertz CT molecular complexity index is 619. The van der Waals surface area contributed by atoms with Crippen molar-refractivity contribution in [2.75, 3.05) is 0 Å². The van der Waals surface area contributed by atoms with Gasteiger partial charge >= 0.3 is 4.87 Å². The van der Waals surface area contributed by atoms with Crippen LogP contribution in [-0.4, -0.2) is 4.98 Å². The third kappa shape index (κ3) is 2.25. The maximum Gasteiger partial charge on any atom is 0.305 e. The molecule has 0 aliphatic rings. The number of nitrogens with one attached hydrogen (secondary N) is 1. The second kappa shape index (κ2) is 3.87. The molecule has 0 aliphatic heterocycles. The van der Waals surface area contributed by atoms with Gasteiger partial charge in [-0.3, -0.25) is 4.79 Å². The van der Waals surface area contributed by atoms with Gasteiger partial charge in [0.2, 0.25) is 0 Å². The number of benzene rings is 1. The van der Waals surface area contributed by atoms with Crippen LogP contribution < -0.4 is 14.8 Å². The summed E-state index contributed by atoms with van der Waals surface area (Å²) in [5.41, 5.74) is 2.31. The van der Waals surface area contributed by atoms with Crippen LogP contribution in [0.5, 0.6) is 0 Å². The van der Waals surface area contributed by atoms with Crippen LogP contribution in [0.2, 0.25) is 0 Å². The second-order valence-corrected chi connectivity index (χ2v) is 4.43. The maximum atomic E-state index is 11.1. The summed E-state index contributed by atoms with van der Waals surface area (Å²) < 4.78 is 0.892. The van der Waals surface area contributed by atoms with Crippen LogP contribution in [0.25, 0.3) is 12.7 Å². The van der Waals surface area contributed by atoms with Gasteiger partial charge in [-0.2, -0.15) is 0 Å². The number of H-pyrrole nitrogens is 1. The molecular weight excluding hydrogens is 206 g/mol. The minimum Gasteiger partial charge on any atom is -0.313 e. The van der Waals surface area contributed by atoms with Crippen molar-refractivity contribution in [1.29, 1.82) is 0 Å². The molecule has 0 aliphatic carbocycles. The summed E-state index contributed by atoms with van der Waals surface area (Å²) in [5.74, 6) is 0. The lowest BCUT2D eigenvalue weighted by molar-refractivity contribution is 1.27. The Morgan fingerprint density at radius 3 is 2.53 bits per heavy atom. The number of thiazole rings is 1. The van der Waals surface area contributed by atoms with Crippen molar-refractivity contribution in [1.82, 2.24) is 4.98 Å². The Labute approximate surface area is 91.2 Å². The summed E-state index contributed by atoms with van der Waals surface area (Å²) in [6.45, 7) is 5.83. The molecule has 3 heteroatoms. The molecule has 1 heterocycles. The molecule has 0 radical (unpaired) electrons. The van der Waals surface area contributed by atoms with E-state index in [-0.39, 0.29) is 4.87 Å². The van der Waals surface area contributed by atoms with Crippen LogP contribution in [0.3, 0.4) is 0 Å². The van der Waals surface area contributed by atoms with E-state index in [9.17, 15) is 4.79 Å². The van der Waals surface area contributed by atoms with E-state index in [4.69, 9.17) is 0 Å². The third-order valence-electron chi connectivity index (χ3n) is 2.13. The molecule has 0 saturated carbocycles. The lowest BCUT2D eigenvalue weighted by Crippen LogP contribution is -2.19. The maximum absolute atomic E-state index is 11.1. The molecule has 0 unspecified atom stereocenters. The van der Waals surface area contributed by atoms with Crippen molar-refractivity contribution >= 4 is 24.0 Å². The Kier molecular flexibility index (Phi) is 2.56. The minimum atomic E-state index is -0.0571. The van der Waals surface area contributed by atoms with E-state index in [1.165, 1.54) is 16.9 Å². The SMILES string of the molecule is C=c1[nH]c(=O)s/c1=C\c1ccc(C)cc1. The van der Waals surface area contributed by atoms with E-state index in [1.807, 2.05) is 37.3 Å². The summed E-state index contributed by atoms with van der Waals surface area (Å²) in [6, 6.07) is 8.14. The van der Waals surface area contributed by atoms with E-state index >= 15 is 0 Å². The molecule has 15 heavy (non-hydrogen) atoms. The third-order valence-corrected chi connectivity index (χ3v) is 3.00. The van der Waals surface area contributed by atoms with Crippen molar-refractivity contribution in [3.8, 4) is 0 Å². The number of hydrogen-bond acceptors (Lipinski definition) is 2. The zero-order chi connectivity index (χ0) is 10.8. The zero-order valence-electron chi connectivity index (χ0n) is 8.41. The highest BCUT2D eigenvalue weighted by atomic mass is 32.1. The highest BCUT2D eigenvalue weighted by Crippen LogP contribution is 2.02. The first-order valence-corrected chi connectivity index (χ1v) is 5.43. The topological polar surface area (TPSA) is 32.9 Å². The lowest BCUT2D eigenvalue weighted by atomic mass is 10.1. The van der Waals surface area contributed by atoms with Gasteiger partial charge in [-0.05, 0) is 18.6 Å². The molecule has 0 saturated heterocycles. The number of hydrogen-bond donors (Lipinski definition) is 1. The highest BCUT2D eigenvalue weighted by molar-refractivity contribution is 7.07. The zero-order valence-corrected chi connectivity index (χ0v) is 9.23. The van der Waals surface area contributed by atoms with Crippen molar-refractivity contribution < 1.29 is 0 Å². The van der Waals surface area contributed by atoms with E-state index in [1.54, 1.807) is 0 Å². The summed E-state index contributed by atoms with van der Waals surface area (Å²) in [6.07, 6.45) is 1.96. The van der Waals surface area contributed by atoms with Gasteiger partial charge in [-0.15, -0.1) is 0 Å². The normalized spacial score (nSPS) is 11.9. The first-order chi connectivity index (χ1) is 7.15. The molecule has 1 N–H and O–H groups in total. The Balaban J connectivity index is 2.55. The Morgan fingerprint density at radius 1 is 1.33 bits per heavy atom. The standard InChI is InChI=1S/C12H11NOS/c1-8-3-5-10(6-4-8)7-11-9(2)13-12(14)15-11/h3-7H,2H2,1H3,(H,13,14)/b11-7-. The lowest BCUT2D eigenvalue weighted by Gasteiger charge is -1.92. The first-order valence-electron chi connectivity index (χ1n) is 4.61. The molecule has 2 nitrogen and oxygen atoms in total. The fraction of sp³-hybridized carbons (Fsp3) is 0.0833. The quantitative estimate of drug-likeness (QED) is 0.759. The van der Waals surface area contributed by atoms with Gasteiger partial charge in [0.1, 0.15) is 0 Å². The highest BCUT2D eigenvalue weighted by Gasteiger charge is 1.92. The molecule has 1 aromatic heterocycles. The van der Waals surface area contributed by atoms with Gasteiger partial charge in [-0.25, -0.2) is 0 Å². The van der Waals surface area contributed by atoms with Crippen LogP contribution in [0, 0.1) is 6.92 Å². The number of aryl methyl sites for hydroxylation is 1. The van der Waals surface area contributed by atoms with E-state index in [0.29, 0.717) is 5.35 Å².